The van der Waals surface area contributed by atoms with E-state index in [0.29, 0.717) is 5.56 Å². The predicted molar refractivity (Wildman–Crippen MR) is 106 cm³/mol. The van der Waals surface area contributed by atoms with Gasteiger partial charge in [0.25, 0.3) is 0 Å². The van der Waals surface area contributed by atoms with Gasteiger partial charge in [-0.3, -0.25) is 10.4 Å². The lowest BCUT2D eigenvalue weighted by Crippen LogP contribution is -2.14. The summed E-state index contributed by atoms with van der Waals surface area (Å²) in [5.74, 6) is 0.975. The van der Waals surface area contributed by atoms with Crippen LogP contribution in [0.25, 0.3) is 21.7 Å². The Labute approximate surface area is 149 Å². The number of aromatic nitrogens is 2. The van der Waals surface area contributed by atoms with Crippen LogP contribution in [0, 0.1) is 5.41 Å². The quantitative estimate of drug-likeness (QED) is 0.298. The zero-order chi connectivity index (χ0) is 17.9. The molecule has 6 nitrogen and oxygen atoms in total. The number of pyridine rings is 2. The highest BCUT2D eigenvalue weighted by Gasteiger charge is 2.13. The average Bonchev–Trinajstić information content (AvgIpc) is 2.69. The monoisotopic (exact) mass is 340 g/mol. The van der Waals surface area contributed by atoms with E-state index in [1.807, 2.05) is 60.8 Å². The van der Waals surface area contributed by atoms with Crippen molar-refractivity contribution in [3.63, 3.8) is 0 Å². The van der Waals surface area contributed by atoms with Crippen LogP contribution < -0.4 is 11.1 Å². The van der Waals surface area contributed by atoms with Crippen molar-refractivity contribution in [3.05, 3.63) is 72.6 Å². The van der Waals surface area contributed by atoms with Crippen LogP contribution >= 0.6 is 0 Å². The molecule has 0 aliphatic rings. The molecule has 0 aliphatic carbocycles. The minimum absolute atomic E-state index is 0.256. The minimum atomic E-state index is 0.256. The van der Waals surface area contributed by atoms with E-state index >= 15 is 0 Å². The number of fused-ring (bicyclic) bond motifs is 3. The van der Waals surface area contributed by atoms with Gasteiger partial charge >= 0.3 is 0 Å². The number of nitrogens with zero attached hydrogens (tertiary/aromatic N) is 3. The molecule has 0 saturated carbocycles. The number of nitrogens with two attached hydrogens (primary N) is 1. The van der Waals surface area contributed by atoms with Gasteiger partial charge in [0, 0.05) is 39.8 Å². The molecule has 4 aromatic rings. The van der Waals surface area contributed by atoms with Crippen LogP contribution in [0.15, 0.2) is 72.0 Å². The van der Waals surface area contributed by atoms with Crippen LogP contribution in [-0.4, -0.2) is 22.1 Å². The van der Waals surface area contributed by atoms with E-state index in [-0.39, 0.29) is 5.84 Å². The van der Waals surface area contributed by atoms with Crippen LogP contribution in [0.3, 0.4) is 0 Å². The van der Waals surface area contributed by atoms with Crippen molar-refractivity contribution in [2.24, 2.45) is 10.7 Å². The molecular weight excluding hydrogens is 324 g/mol. The van der Waals surface area contributed by atoms with Crippen molar-refractivity contribution in [3.8, 4) is 0 Å². The molecule has 0 fully saturated rings. The third-order valence-electron chi connectivity index (χ3n) is 4.14. The number of nitrogens with one attached hydrogen (secondary N) is 2. The lowest BCUT2D eigenvalue weighted by Gasteiger charge is -2.13. The third kappa shape index (κ3) is 2.73. The molecule has 0 atom stereocenters. The van der Waals surface area contributed by atoms with Gasteiger partial charge in [-0.2, -0.15) is 0 Å². The van der Waals surface area contributed by atoms with Crippen molar-refractivity contribution < 1.29 is 0 Å². The first kappa shape index (κ1) is 15.7. The van der Waals surface area contributed by atoms with Gasteiger partial charge in [0.1, 0.15) is 18.0 Å². The van der Waals surface area contributed by atoms with E-state index in [0.717, 1.165) is 39.5 Å². The van der Waals surface area contributed by atoms with Crippen LogP contribution in [0.5, 0.6) is 0 Å². The lowest BCUT2D eigenvalue weighted by molar-refractivity contribution is 1.34. The fraction of sp³-hybridized carbons (Fsp3) is 0. The number of aliphatic imine (C=N–C) groups is 1. The SMILES string of the molecule is N=CN=C(N)c1cccc2c1nc(Nc1ccccc1)c1ccncc12. The van der Waals surface area contributed by atoms with Gasteiger partial charge < -0.3 is 11.1 Å². The fourth-order valence-electron chi connectivity index (χ4n) is 2.97. The summed E-state index contributed by atoms with van der Waals surface area (Å²) in [6, 6.07) is 17.5. The summed E-state index contributed by atoms with van der Waals surface area (Å²) < 4.78 is 0. The van der Waals surface area contributed by atoms with Gasteiger partial charge in [0.2, 0.25) is 0 Å². The summed E-state index contributed by atoms with van der Waals surface area (Å²) >= 11 is 0. The first-order chi connectivity index (χ1) is 12.8. The van der Waals surface area contributed by atoms with Gasteiger partial charge in [-0.1, -0.05) is 30.3 Å². The number of amidine groups is 1. The van der Waals surface area contributed by atoms with Crippen molar-refractivity contribution in [1.82, 2.24) is 9.97 Å². The number of benzene rings is 2. The Morgan fingerprint density at radius 2 is 1.85 bits per heavy atom. The third-order valence-corrected chi connectivity index (χ3v) is 4.14. The maximum Gasteiger partial charge on any atom is 0.139 e. The number of hydrogen-bond acceptors (Lipinski definition) is 4. The van der Waals surface area contributed by atoms with E-state index < -0.39 is 0 Å². The first-order valence-electron chi connectivity index (χ1n) is 8.09. The van der Waals surface area contributed by atoms with Gasteiger partial charge in [-0.05, 0) is 24.3 Å². The topological polar surface area (TPSA) is 100 Å². The molecule has 0 amide bonds. The zero-order valence-electron chi connectivity index (χ0n) is 13.8. The molecule has 4 rings (SSSR count). The lowest BCUT2D eigenvalue weighted by atomic mass is 10.0. The zero-order valence-corrected chi connectivity index (χ0v) is 13.8. The summed E-state index contributed by atoms with van der Waals surface area (Å²) in [6.07, 6.45) is 4.50. The molecule has 4 N–H and O–H groups in total. The molecular formula is C20H16N6. The van der Waals surface area contributed by atoms with Crippen LogP contribution in [0.4, 0.5) is 11.5 Å². The van der Waals surface area contributed by atoms with Crippen LogP contribution in [0.1, 0.15) is 5.56 Å². The smallest absolute Gasteiger partial charge is 0.139 e. The number of anilines is 2. The van der Waals surface area contributed by atoms with Crippen molar-refractivity contribution >= 4 is 45.4 Å². The van der Waals surface area contributed by atoms with Gasteiger partial charge in [-0.25, -0.2) is 9.98 Å². The van der Waals surface area contributed by atoms with E-state index in [1.165, 1.54) is 0 Å². The molecule has 26 heavy (non-hydrogen) atoms. The average molecular weight is 340 g/mol. The Morgan fingerprint density at radius 3 is 2.65 bits per heavy atom. The molecule has 2 heterocycles. The standard InChI is InChI=1S/C20H16N6/c21-12-24-19(22)16-8-4-7-14-17-11-23-10-9-15(17)20(26-18(14)16)25-13-5-2-1-3-6-13/h1-12H,(H,25,26)(H3,21,22,24). The van der Waals surface area contributed by atoms with Crippen LogP contribution in [0.2, 0.25) is 0 Å². The van der Waals surface area contributed by atoms with Gasteiger partial charge in [0.15, 0.2) is 0 Å². The predicted octanol–water partition coefficient (Wildman–Crippen LogP) is 3.84. The fourth-order valence-corrected chi connectivity index (χ4v) is 2.97. The molecule has 0 bridgehead atoms. The summed E-state index contributed by atoms with van der Waals surface area (Å²) in [7, 11) is 0. The molecule has 0 unspecified atom stereocenters. The number of para-hydroxylation sites is 2. The highest BCUT2D eigenvalue weighted by molar-refractivity contribution is 6.17. The van der Waals surface area contributed by atoms with Gasteiger partial charge in [0.05, 0.1) is 5.52 Å². The molecule has 6 heteroatoms. The van der Waals surface area contributed by atoms with Gasteiger partial charge in [-0.15, -0.1) is 0 Å². The Bertz CT molecular complexity index is 1140. The van der Waals surface area contributed by atoms with Crippen molar-refractivity contribution in [2.75, 3.05) is 5.32 Å². The second-order valence-corrected chi connectivity index (χ2v) is 5.72. The molecule has 0 aliphatic heterocycles. The Kier molecular flexibility index (Phi) is 3.99. The second kappa shape index (κ2) is 6.60. The summed E-state index contributed by atoms with van der Waals surface area (Å²) in [6.45, 7) is 0. The largest absolute Gasteiger partial charge is 0.383 e. The number of rotatable bonds is 4. The maximum atomic E-state index is 7.18. The molecule has 0 radical (unpaired) electrons. The molecule has 2 aromatic heterocycles. The van der Waals surface area contributed by atoms with Crippen molar-refractivity contribution in [2.45, 2.75) is 0 Å². The minimum Gasteiger partial charge on any atom is -0.383 e. The summed E-state index contributed by atoms with van der Waals surface area (Å²) in [4.78, 5) is 13.0. The number of hydrogen-bond donors (Lipinski definition) is 3. The maximum absolute atomic E-state index is 7.18. The molecule has 0 saturated heterocycles. The van der Waals surface area contributed by atoms with E-state index in [4.69, 9.17) is 16.1 Å². The Hall–Kier alpha value is -3.80. The highest BCUT2D eigenvalue weighted by Crippen LogP contribution is 2.31. The normalized spacial score (nSPS) is 11.6. The molecule has 2 aromatic carbocycles. The molecule has 126 valence electrons. The first-order valence-corrected chi connectivity index (χ1v) is 8.09. The molecule has 0 spiro atoms. The summed E-state index contributed by atoms with van der Waals surface area (Å²) in [5, 5.41) is 13.4. The summed E-state index contributed by atoms with van der Waals surface area (Å²) in [5.41, 5.74) is 8.39. The highest BCUT2D eigenvalue weighted by atomic mass is 15.0. The van der Waals surface area contributed by atoms with E-state index in [1.54, 1.807) is 6.20 Å². The van der Waals surface area contributed by atoms with E-state index in [9.17, 15) is 0 Å². The Morgan fingerprint density at radius 1 is 1.00 bits per heavy atom. The Balaban J connectivity index is 2.02. The second-order valence-electron chi connectivity index (χ2n) is 5.72. The van der Waals surface area contributed by atoms with Crippen molar-refractivity contribution in [1.29, 1.82) is 5.41 Å². The van der Waals surface area contributed by atoms with E-state index in [2.05, 4.69) is 15.3 Å². The van der Waals surface area contributed by atoms with Crippen LogP contribution in [-0.2, 0) is 0 Å².